The zero-order valence-corrected chi connectivity index (χ0v) is 13.0. The molecule has 0 amide bonds. The third-order valence-electron chi connectivity index (χ3n) is 3.75. The molecule has 1 fully saturated rings. The summed E-state index contributed by atoms with van der Waals surface area (Å²) in [6.45, 7) is 11.0. The Morgan fingerprint density at radius 3 is 2.85 bits per heavy atom. The third-order valence-corrected chi connectivity index (χ3v) is 3.75. The van der Waals surface area contributed by atoms with Gasteiger partial charge in [0.1, 0.15) is 0 Å². The molecule has 5 heteroatoms. The van der Waals surface area contributed by atoms with E-state index in [4.69, 9.17) is 0 Å². The fraction of sp³-hybridized carbons (Fsp3) is 0.733. The lowest BCUT2D eigenvalue weighted by Gasteiger charge is -2.29. The largest absolute Gasteiger partial charge is 0.348 e. The van der Waals surface area contributed by atoms with E-state index in [2.05, 4.69) is 36.0 Å². The molecule has 0 radical (unpaired) electrons. The van der Waals surface area contributed by atoms with E-state index in [9.17, 15) is 4.79 Å². The first-order valence-corrected chi connectivity index (χ1v) is 7.49. The van der Waals surface area contributed by atoms with Gasteiger partial charge >= 0.3 is 0 Å². The molecular weight excluding hydrogens is 252 g/mol. The Labute approximate surface area is 121 Å². The summed E-state index contributed by atoms with van der Waals surface area (Å²) in [7, 11) is 0. The van der Waals surface area contributed by atoms with E-state index in [0.29, 0.717) is 18.4 Å². The van der Waals surface area contributed by atoms with E-state index in [-0.39, 0.29) is 11.1 Å². The second-order valence-electron chi connectivity index (χ2n) is 6.46. The Hall–Kier alpha value is -1.36. The van der Waals surface area contributed by atoms with Crippen LogP contribution in [0.5, 0.6) is 0 Å². The molecule has 1 N–H and O–H groups in total. The molecule has 1 aliphatic heterocycles. The minimum Gasteiger partial charge on any atom is -0.348 e. The van der Waals surface area contributed by atoms with Crippen molar-refractivity contribution in [1.82, 2.24) is 14.9 Å². The molecule has 20 heavy (non-hydrogen) atoms. The van der Waals surface area contributed by atoms with E-state index in [1.54, 1.807) is 17.0 Å². The van der Waals surface area contributed by atoms with Crippen molar-refractivity contribution >= 4 is 5.82 Å². The van der Waals surface area contributed by atoms with Gasteiger partial charge in [0.25, 0.3) is 5.56 Å². The lowest BCUT2D eigenvalue weighted by molar-refractivity contribution is 0.404. The average molecular weight is 278 g/mol. The average Bonchev–Trinajstić information content (AvgIpc) is 2.84. The van der Waals surface area contributed by atoms with Crippen molar-refractivity contribution in [2.45, 2.75) is 58.7 Å². The molecule has 2 heterocycles. The van der Waals surface area contributed by atoms with Crippen LogP contribution in [0.2, 0.25) is 0 Å². The van der Waals surface area contributed by atoms with E-state index in [1.807, 2.05) is 6.92 Å². The second-order valence-corrected chi connectivity index (χ2v) is 6.46. The molecule has 5 nitrogen and oxygen atoms in total. The summed E-state index contributed by atoms with van der Waals surface area (Å²) in [5.74, 6) is 0.604. The molecule has 0 spiro atoms. The van der Waals surface area contributed by atoms with Crippen molar-refractivity contribution in [3.8, 4) is 0 Å². The van der Waals surface area contributed by atoms with Crippen LogP contribution in [-0.2, 0) is 6.54 Å². The fourth-order valence-electron chi connectivity index (χ4n) is 2.63. The highest BCUT2D eigenvalue weighted by Gasteiger charge is 2.28. The van der Waals surface area contributed by atoms with Crippen molar-refractivity contribution in [2.24, 2.45) is 0 Å². The van der Waals surface area contributed by atoms with E-state index in [1.165, 1.54) is 0 Å². The predicted molar refractivity (Wildman–Crippen MR) is 82.3 cm³/mol. The summed E-state index contributed by atoms with van der Waals surface area (Å²) in [5.41, 5.74) is 0.125. The SMILES string of the molecule is CCn1ccnc(N2CCCC2CNC(C)(C)C)c1=O. The third kappa shape index (κ3) is 3.39. The highest BCUT2D eigenvalue weighted by Crippen LogP contribution is 2.21. The summed E-state index contributed by atoms with van der Waals surface area (Å²) in [6, 6.07) is 0.363. The van der Waals surface area contributed by atoms with Crippen LogP contribution in [0.25, 0.3) is 0 Å². The van der Waals surface area contributed by atoms with Crippen LogP contribution >= 0.6 is 0 Å². The maximum absolute atomic E-state index is 12.4. The first-order valence-electron chi connectivity index (χ1n) is 7.49. The van der Waals surface area contributed by atoms with Crippen LogP contribution in [0.15, 0.2) is 17.2 Å². The molecule has 112 valence electrons. The molecule has 0 aliphatic carbocycles. The minimum atomic E-state index is 0.0256. The van der Waals surface area contributed by atoms with Crippen molar-refractivity contribution in [1.29, 1.82) is 0 Å². The zero-order valence-electron chi connectivity index (χ0n) is 13.0. The Morgan fingerprint density at radius 1 is 1.45 bits per heavy atom. The van der Waals surface area contributed by atoms with E-state index >= 15 is 0 Å². The molecule has 1 atom stereocenters. The van der Waals surface area contributed by atoms with Crippen molar-refractivity contribution in [3.05, 3.63) is 22.7 Å². The zero-order chi connectivity index (χ0) is 14.8. The van der Waals surface area contributed by atoms with Crippen LogP contribution in [0, 0.1) is 0 Å². The summed E-state index contributed by atoms with van der Waals surface area (Å²) < 4.78 is 1.72. The first-order chi connectivity index (χ1) is 9.42. The Morgan fingerprint density at radius 2 is 2.20 bits per heavy atom. The topological polar surface area (TPSA) is 50.2 Å². The molecular formula is C15H26N4O. The van der Waals surface area contributed by atoms with Crippen LogP contribution < -0.4 is 15.8 Å². The van der Waals surface area contributed by atoms with Gasteiger partial charge in [-0.05, 0) is 40.5 Å². The monoisotopic (exact) mass is 278 g/mol. The van der Waals surface area contributed by atoms with E-state index in [0.717, 1.165) is 25.9 Å². The van der Waals surface area contributed by atoms with Gasteiger partial charge in [0.05, 0.1) is 0 Å². The minimum absolute atomic E-state index is 0.0256. The predicted octanol–water partition coefficient (Wildman–Crippen LogP) is 1.62. The highest BCUT2D eigenvalue weighted by atomic mass is 16.1. The first kappa shape index (κ1) is 15.0. The lowest BCUT2D eigenvalue weighted by Crippen LogP contribution is -2.47. The number of nitrogens with zero attached hydrogens (tertiary/aromatic N) is 3. The Kier molecular flexibility index (Phi) is 4.48. The normalized spacial score (nSPS) is 19.6. The van der Waals surface area contributed by atoms with Crippen LogP contribution in [0.3, 0.4) is 0 Å². The quantitative estimate of drug-likeness (QED) is 0.909. The molecule has 1 unspecified atom stereocenters. The summed E-state index contributed by atoms with van der Waals surface area (Å²) in [6.07, 6.45) is 5.72. The van der Waals surface area contributed by atoms with Gasteiger partial charge in [0, 0.05) is 43.6 Å². The Balaban J connectivity index is 2.17. The van der Waals surface area contributed by atoms with Gasteiger partial charge in [0.15, 0.2) is 5.82 Å². The van der Waals surface area contributed by atoms with Crippen LogP contribution in [0.4, 0.5) is 5.82 Å². The summed E-state index contributed by atoms with van der Waals surface area (Å²) >= 11 is 0. The summed E-state index contributed by atoms with van der Waals surface area (Å²) in [4.78, 5) is 18.9. The number of anilines is 1. The molecule has 1 aromatic rings. The molecule has 1 aromatic heterocycles. The van der Waals surface area contributed by atoms with Gasteiger partial charge in [-0.2, -0.15) is 0 Å². The number of hydrogen-bond acceptors (Lipinski definition) is 4. The smallest absolute Gasteiger partial charge is 0.293 e. The maximum atomic E-state index is 12.4. The number of hydrogen-bond donors (Lipinski definition) is 1. The van der Waals surface area contributed by atoms with Crippen molar-refractivity contribution in [2.75, 3.05) is 18.0 Å². The van der Waals surface area contributed by atoms with Gasteiger partial charge in [-0.1, -0.05) is 0 Å². The van der Waals surface area contributed by atoms with Gasteiger partial charge in [-0.3, -0.25) is 4.79 Å². The van der Waals surface area contributed by atoms with Gasteiger partial charge in [-0.25, -0.2) is 4.98 Å². The second kappa shape index (κ2) is 5.95. The Bertz CT molecular complexity index is 503. The fourth-order valence-corrected chi connectivity index (χ4v) is 2.63. The maximum Gasteiger partial charge on any atom is 0.293 e. The summed E-state index contributed by atoms with van der Waals surface area (Å²) in [5, 5.41) is 3.53. The van der Waals surface area contributed by atoms with Crippen molar-refractivity contribution < 1.29 is 0 Å². The number of aryl methyl sites for hydroxylation is 1. The number of aromatic nitrogens is 2. The molecule has 1 saturated heterocycles. The molecule has 0 saturated carbocycles. The van der Waals surface area contributed by atoms with Crippen LogP contribution in [-0.4, -0.2) is 34.2 Å². The highest BCUT2D eigenvalue weighted by molar-refractivity contribution is 5.39. The van der Waals surface area contributed by atoms with Crippen molar-refractivity contribution in [3.63, 3.8) is 0 Å². The number of rotatable bonds is 4. The van der Waals surface area contributed by atoms with Gasteiger partial charge in [0.2, 0.25) is 0 Å². The lowest BCUT2D eigenvalue weighted by atomic mass is 10.1. The number of nitrogens with one attached hydrogen (secondary N) is 1. The standard InChI is InChI=1S/C15H26N4O/c1-5-18-10-8-16-13(14(18)20)19-9-6-7-12(19)11-17-15(2,3)4/h8,10,12,17H,5-7,9,11H2,1-4H3. The van der Waals surface area contributed by atoms with Gasteiger partial charge in [-0.15, -0.1) is 0 Å². The van der Waals surface area contributed by atoms with E-state index < -0.39 is 0 Å². The van der Waals surface area contributed by atoms with Crippen LogP contribution in [0.1, 0.15) is 40.5 Å². The van der Waals surface area contributed by atoms with Gasteiger partial charge < -0.3 is 14.8 Å². The molecule has 2 rings (SSSR count). The molecule has 1 aliphatic rings. The molecule has 0 aromatic carbocycles. The molecule has 0 bridgehead atoms.